The van der Waals surface area contributed by atoms with Crippen LogP contribution in [0.3, 0.4) is 0 Å². The Kier molecular flexibility index (Phi) is 4.64. The SMILES string of the molecule is O=C(c1cc([N+](=O)[O-])ccc1N1CCOCC1)N1CCOc2ccccc21. The van der Waals surface area contributed by atoms with Gasteiger partial charge >= 0.3 is 0 Å². The maximum atomic E-state index is 13.4. The summed E-state index contributed by atoms with van der Waals surface area (Å²) < 4.78 is 11.0. The van der Waals surface area contributed by atoms with Gasteiger partial charge in [-0.15, -0.1) is 0 Å². The Morgan fingerprint density at radius 3 is 2.56 bits per heavy atom. The molecule has 0 saturated carbocycles. The molecule has 140 valence electrons. The van der Waals surface area contributed by atoms with Gasteiger partial charge < -0.3 is 19.3 Å². The molecule has 2 aliphatic heterocycles. The average molecular weight is 369 g/mol. The van der Waals surface area contributed by atoms with Crippen molar-refractivity contribution in [1.82, 2.24) is 0 Å². The summed E-state index contributed by atoms with van der Waals surface area (Å²) >= 11 is 0. The molecule has 27 heavy (non-hydrogen) atoms. The number of hydrogen-bond donors (Lipinski definition) is 0. The topological polar surface area (TPSA) is 85.1 Å². The van der Waals surface area contributed by atoms with Crippen LogP contribution >= 0.6 is 0 Å². The molecule has 2 aromatic carbocycles. The number of anilines is 2. The largest absolute Gasteiger partial charge is 0.490 e. The van der Waals surface area contributed by atoms with Crippen molar-refractivity contribution in [2.75, 3.05) is 49.3 Å². The lowest BCUT2D eigenvalue weighted by Gasteiger charge is -2.33. The van der Waals surface area contributed by atoms with Gasteiger partial charge in [0.2, 0.25) is 0 Å². The Balaban J connectivity index is 1.76. The van der Waals surface area contributed by atoms with Gasteiger partial charge in [0.25, 0.3) is 11.6 Å². The van der Waals surface area contributed by atoms with Gasteiger partial charge in [-0.1, -0.05) is 12.1 Å². The van der Waals surface area contributed by atoms with Crippen LogP contribution in [0.4, 0.5) is 17.1 Å². The number of para-hydroxylation sites is 2. The molecule has 0 bridgehead atoms. The summed E-state index contributed by atoms with van der Waals surface area (Å²) in [6, 6.07) is 11.8. The van der Waals surface area contributed by atoms with Gasteiger partial charge in [0.1, 0.15) is 12.4 Å². The molecule has 0 atom stereocenters. The lowest BCUT2D eigenvalue weighted by Crippen LogP contribution is -2.41. The number of morpholine rings is 1. The van der Waals surface area contributed by atoms with Crippen molar-refractivity contribution in [3.63, 3.8) is 0 Å². The monoisotopic (exact) mass is 369 g/mol. The molecule has 8 nitrogen and oxygen atoms in total. The van der Waals surface area contributed by atoms with Gasteiger partial charge in [-0.3, -0.25) is 14.9 Å². The van der Waals surface area contributed by atoms with Crippen molar-refractivity contribution in [2.24, 2.45) is 0 Å². The first-order valence-corrected chi connectivity index (χ1v) is 8.80. The molecule has 2 heterocycles. The molecular formula is C19H19N3O5. The summed E-state index contributed by atoms with van der Waals surface area (Å²) in [7, 11) is 0. The fourth-order valence-electron chi connectivity index (χ4n) is 3.41. The zero-order chi connectivity index (χ0) is 18.8. The third-order valence-electron chi connectivity index (χ3n) is 4.75. The Morgan fingerprint density at radius 1 is 1.00 bits per heavy atom. The van der Waals surface area contributed by atoms with Crippen LogP contribution in [0.1, 0.15) is 10.4 Å². The molecule has 2 aromatic rings. The molecule has 0 aliphatic carbocycles. The molecule has 1 amide bonds. The predicted molar refractivity (Wildman–Crippen MR) is 99.7 cm³/mol. The fourth-order valence-corrected chi connectivity index (χ4v) is 3.41. The molecule has 0 radical (unpaired) electrons. The lowest BCUT2D eigenvalue weighted by atomic mass is 10.1. The number of benzene rings is 2. The maximum absolute atomic E-state index is 13.4. The van der Waals surface area contributed by atoms with Crippen LogP contribution in [0.25, 0.3) is 0 Å². The minimum Gasteiger partial charge on any atom is -0.490 e. The molecule has 2 aliphatic rings. The highest BCUT2D eigenvalue weighted by molar-refractivity contribution is 6.11. The molecule has 8 heteroatoms. The minimum atomic E-state index is -0.479. The van der Waals surface area contributed by atoms with Crippen LogP contribution < -0.4 is 14.5 Å². The number of hydrogen-bond acceptors (Lipinski definition) is 6. The fraction of sp³-hybridized carbons (Fsp3) is 0.316. The van der Waals surface area contributed by atoms with E-state index in [4.69, 9.17) is 9.47 Å². The summed E-state index contributed by atoms with van der Waals surface area (Å²) in [5.74, 6) is 0.367. The standard InChI is InChI=1S/C19H19N3O5/c23-19(21-9-12-27-18-4-2-1-3-17(18)21)15-13-14(22(24)25)5-6-16(15)20-7-10-26-11-8-20/h1-6,13H,7-12H2. The van der Waals surface area contributed by atoms with E-state index in [0.717, 1.165) is 0 Å². The highest BCUT2D eigenvalue weighted by Crippen LogP contribution is 2.34. The molecular weight excluding hydrogens is 350 g/mol. The predicted octanol–water partition coefficient (Wildman–Crippen LogP) is 2.47. The van der Waals surface area contributed by atoms with E-state index < -0.39 is 4.92 Å². The number of non-ortho nitro benzene ring substituents is 1. The Labute approximate surface area is 156 Å². The van der Waals surface area contributed by atoms with Gasteiger partial charge in [0, 0.05) is 25.2 Å². The zero-order valence-corrected chi connectivity index (χ0v) is 14.7. The third kappa shape index (κ3) is 3.31. The van der Waals surface area contributed by atoms with Gasteiger partial charge in [-0.25, -0.2) is 0 Å². The number of fused-ring (bicyclic) bond motifs is 1. The second-order valence-corrected chi connectivity index (χ2v) is 6.33. The van der Waals surface area contributed by atoms with E-state index in [2.05, 4.69) is 0 Å². The lowest BCUT2D eigenvalue weighted by molar-refractivity contribution is -0.384. The number of nitro groups is 1. The van der Waals surface area contributed by atoms with Crippen molar-refractivity contribution >= 4 is 23.0 Å². The number of ether oxygens (including phenoxy) is 2. The van der Waals surface area contributed by atoms with Gasteiger partial charge in [0.15, 0.2) is 0 Å². The molecule has 4 rings (SSSR count). The Morgan fingerprint density at radius 2 is 1.78 bits per heavy atom. The first kappa shape index (κ1) is 17.3. The quantitative estimate of drug-likeness (QED) is 0.610. The molecule has 0 aromatic heterocycles. The second-order valence-electron chi connectivity index (χ2n) is 6.33. The Bertz CT molecular complexity index is 879. The number of amides is 1. The molecule has 0 unspecified atom stereocenters. The number of rotatable bonds is 3. The van der Waals surface area contributed by atoms with Gasteiger partial charge in [-0.2, -0.15) is 0 Å². The van der Waals surface area contributed by atoms with E-state index in [1.54, 1.807) is 11.0 Å². The summed E-state index contributed by atoms with van der Waals surface area (Å²) in [4.78, 5) is 27.8. The zero-order valence-electron chi connectivity index (χ0n) is 14.7. The smallest absolute Gasteiger partial charge is 0.270 e. The van der Waals surface area contributed by atoms with E-state index in [0.29, 0.717) is 62.1 Å². The Hall–Kier alpha value is -3.13. The van der Waals surface area contributed by atoms with Crippen molar-refractivity contribution in [3.05, 3.63) is 58.1 Å². The van der Waals surface area contributed by atoms with Crippen molar-refractivity contribution < 1.29 is 19.2 Å². The minimum absolute atomic E-state index is 0.100. The number of carbonyl (C=O) groups excluding carboxylic acids is 1. The van der Waals surface area contributed by atoms with E-state index in [1.807, 2.05) is 29.2 Å². The summed E-state index contributed by atoms with van der Waals surface area (Å²) in [6.07, 6.45) is 0. The second kappa shape index (κ2) is 7.24. The maximum Gasteiger partial charge on any atom is 0.270 e. The number of nitrogens with zero attached hydrogens (tertiary/aromatic N) is 3. The van der Waals surface area contributed by atoms with Crippen molar-refractivity contribution in [1.29, 1.82) is 0 Å². The number of carbonyl (C=O) groups is 1. The molecule has 0 spiro atoms. The van der Waals surface area contributed by atoms with Crippen molar-refractivity contribution in [3.8, 4) is 5.75 Å². The first-order valence-electron chi connectivity index (χ1n) is 8.80. The van der Waals surface area contributed by atoms with E-state index in [9.17, 15) is 14.9 Å². The number of nitro benzene ring substituents is 1. The van der Waals surface area contributed by atoms with Gasteiger partial charge in [0.05, 0.1) is 41.6 Å². The van der Waals surface area contributed by atoms with Crippen LogP contribution in [0.15, 0.2) is 42.5 Å². The summed E-state index contributed by atoms with van der Waals surface area (Å²) in [5.41, 5.74) is 1.59. The normalized spacial score (nSPS) is 16.4. The van der Waals surface area contributed by atoms with E-state index >= 15 is 0 Å². The molecule has 1 saturated heterocycles. The van der Waals surface area contributed by atoms with Crippen LogP contribution in [0, 0.1) is 10.1 Å². The highest BCUT2D eigenvalue weighted by atomic mass is 16.6. The van der Waals surface area contributed by atoms with E-state index in [1.165, 1.54) is 12.1 Å². The van der Waals surface area contributed by atoms with E-state index in [-0.39, 0.29) is 11.6 Å². The van der Waals surface area contributed by atoms with Crippen LogP contribution in [-0.2, 0) is 4.74 Å². The van der Waals surface area contributed by atoms with Crippen LogP contribution in [0.2, 0.25) is 0 Å². The third-order valence-corrected chi connectivity index (χ3v) is 4.75. The summed E-state index contributed by atoms with van der Waals surface area (Å²) in [5, 5.41) is 11.3. The molecule has 0 N–H and O–H groups in total. The molecule has 1 fully saturated rings. The van der Waals surface area contributed by atoms with Gasteiger partial charge in [-0.05, 0) is 18.2 Å². The highest BCUT2D eigenvalue weighted by Gasteiger charge is 2.29. The van der Waals surface area contributed by atoms with Crippen molar-refractivity contribution in [2.45, 2.75) is 0 Å². The van der Waals surface area contributed by atoms with Crippen LogP contribution in [-0.4, -0.2) is 50.3 Å². The van der Waals surface area contributed by atoms with Crippen LogP contribution in [0.5, 0.6) is 5.75 Å². The first-order chi connectivity index (χ1) is 13.1. The average Bonchev–Trinajstić information content (AvgIpc) is 2.73. The summed E-state index contributed by atoms with van der Waals surface area (Å²) in [6.45, 7) is 3.16.